The number of halogens is 1. The van der Waals surface area contributed by atoms with E-state index < -0.39 is 6.04 Å². The van der Waals surface area contributed by atoms with Crippen LogP contribution in [0.4, 0.5) is 0 Å². The predicted octanol–water partition coefficient (Wildman–Crippen LogP) is 1.81. The molecule has 0 saturated carbocycles. The highest BCUT2D eigenvalue weighted by Crippen LogP contribution is 2.29. The number of hydrogen-bond acceptors (Lipinski definition) is 6. The van der Waals surface area contributed by atoms with E-state index in [0.29, 0.717) is 29.4 Å². The number of piperazine rings is 1. The van der Waals surface area contributed by atoms with Crippen LogP contribution in [0.5, 0.6) is 0 Å². The van der Waals surface area contributed by atoms with Gasteiger partial charge in [-0.25, -0.2) is 0 Å². The van der Waals surface area contributed by atoms with Crippen LogP contribution in [-0.2, 0) is 20.9 Å². The zero-order valence-electron chi connectivity index (χ0n) is 15.1. The van der Waals surface area contributed by atoms with Gasteiger partial charge in [0.15, 0.2) is 0 Å². The fourth-order valence-corrected chi connectivity index (χ4v) is 3.69. The molecule has 2 aromatic rings. The van der Waals surface area contributed by atoms with Gasteiger partial charge in [0.2, 0.25) is 23.5 Å². The second-order valence-electron chi connectivity index (χ2n) is 6.43. The van der Waals surface area contributed by atoms with E-state index in [-0.39, 0.29) is 36.8 Å². The second-order valence-corrected chi connectivity index (χ2v) is 6.84. The van der Waals surface area contributed by atoms with Gasteiger partial charge in [-0.1, -0.05) is 28.9 Å². The highest BCUT2D eigenvalue weighted by molar-refractivity contribution is 6.33. The Morgan fingerprint density at radius 1 is 1.32 bits per heavy atom. The third kappa shape index (κ3) is 3.70. The van der Waals surface area contributed by atoms with E-state index in [2.05, 4.69) is 10.1 Å². The Morgan fingerprint density at radius 2 is 2.04 bits per heavy atom. The second kappa shape index (κ2) is 8.39. The zero-order chi connectivity index (χ0) is 20.3. The highest BCUT2D eigenvalue weighted by atomic mass is 35.5. The summed E-state index contributed by atoms with van der Waals surface area (Å²) in [6.45, 7) is 2.26. The molecule has 0 unspecified atom stereocenters. The monoisotopic (exact) mass is 406 g/mol. The number of aromatic nitrogens is 2. The molecule has 10 heteroatoms. The SMILES string of the molecule is C[C@H]1C(=O)N2CCC[C@@H]2C(=O)N1Cc1nc(-c2ccccc2Cl)no1.O=CO. The molecule has 9 nitrogen and oxygen atoms in total. The molecule has 2 aliphatic rings. The molecule has 2 amide bonds. The maximum atomic E-state index is 12.7. The average Bonchev–Trinajstić information content (AvgIpc) is 3.34. The Balaban J connectivity index is 0.000000706. The third-order valence-corrected chi connectivity index (χ3v) is 5.15. The number of carbonyl (C=O) groups is 3. The maximum absolute atomic E-state index is 12.7. The molecule has 1 aromatic heterocycles. The summed E-state index contributed by atoms with van der Waals surface area (Å²) >= 11 is 6.15. The molecule has 2 aliphatic heterocycles. The van der Waals surface area contributed by atoms with Crippen LogP contribution < -0.4 is 0 Å². The summed E-state index contributed by atoms with van der Waals surface area (Å²) in [4.78, 5) is 41.1. The largest absolute Gasteiger partial charge is 0.483 e. The van der Waals surface area contributed by atoms with Gasteiger partial charge in [-0.2, -0.15) is 4.98 Å². The molecule has 0 aliphatic carbocycles. The van der Waals surface area contributed by atoms with E-state index in [1.807, 2.05) is 12.1 Å². The van der Waals surface area contributed by atoms with Crippen molar-refractivity contribution in [1.29, 1.82) is 0 Å². The molecule has 148 valence electrons. The van der Waals surface area contributed by atoms with E-state index in [1.54, 1.807) is 24.0 Å². The number of amides is 2. The number of fused-ring (bicyclic) bond motifs is 1. The van der Waals surface area contributed by atoms with Crippen LogP contribution in [0.15, 0.2) is 28.8 Å². The van der Waals surface area contributed by atoms with Crippen molar-refractivity contribution in [2.75, 3.05) is 6.54 Å². The lowest BCUT2D eigenvalue weighted by Crippen LogP contribution is -2.61. The molecule has 1 N–H and O–H groups in total. The lowest BCUT2D eigenvalue weighted by atomic mass is 10.1. The van der Waals surface area contributed by atoms with Gasteiger partial charge in [0.1, 0.15) is 18.6 Å². The summed E-state index contributed by atoms with van der Waals surface area (Å²) in [6.07, 6.45) is 1.57. The normalized spacial score (nSPS) is 21.2. The Bertz CT molecular complexity index is 886. The van der Waals surface area contributed by atoms with Crippen molar-refractivity contribution in [3.63, 3.8) is 0 Å². The van der Waals surface area contributed by atoms with Gasteiger partial charge in [0.05, 0.1) is 5.02 Å². The first-order valence-electron chi connectivity index (χ1n) is 8.74. The standard InChI is InChI=1S/C17H17ClN4O3.CH2O2/c1-10-16(23)21-8-4-7-13(21)17(24)22(10)9-14-19-15(20-25-14)11-5-2-3-6-12(11)18;2-1-3/h2-3,5-6,10,13H,4,7-9H2,1H3;1H,(H,2,3)/t10-,13+;/m0./s1. The highest BCUT2D eigenvalue weighted by Gasteiger charge is 2.46. The van der Waals surface area contributed by atoms with Gasteiger partial charge in [0.25, 0.3) is 6.47 Å². The van der Waals surface area contributed by atoms with Crippen molar-refractivity contribution >= 4 is 29.9 Å². The molecule has 2 atom stereocenters. The van der Waals surface area contributed by atoms with Crippen molar-refractivity contribution in [1.82, 2.24) is 19.9 Å². The topological polar surface area (TPSA) is 117 Å². The molecule has 28 heavy (non-hydrogen) atoms. The fourth-order valence-electron chi connectivity index (χ4n) is 3.47. The number of nitrogens with zero attached hydrogens (tertiary/aromatic N) is 4. The van der Waals surface area contributed by atoms with Gasteiger partial charge in [-0.3, -0.25) is 14.4 Å². The summed E-state index contributed by atoms with van der Waals surface area (Å²) in [5, 5.41) is 11.4. The Morgan fingerprint density at radius 3 is 2.75 bits per heavy atom. The van der Waals surface area contributed by atoms with Crippen LogP contribution >= 0.6 is 11.6 Å². The summed E-state index contributed by atoms with van der Waals surface area (Å²) in [5.74, 6) is 0.580. The summed E-state index contributed by atoms with van der Waals surface area (Å²) in [7, 11) is 0. The lowest BCUT2D eigenvalue weighted by molar-refractivity contribution is -0.159. The predicted molar refractivity (Wildman–Crippen MR) is 98.2 cm³/mol. The van der Waals surface area contributed by atoms with E-state index in [0.717, 1.165) is 6.42 Å². The molecule has 3 heterocycles. The fraction of sp³-hybridized carbons (Fsp3) is 0.389. The van der Waals surface area contributed by atoms with Crippen LogP contribution in [-0.4, -0.2) is 62.0 Å². The summed E-state index contributed by atoms with van der Waals surface area (Å²) in [5.41, 5.74) is 0.662. The molecule has 0 radical (unpaired) electrons. The number of carboxylic acid groups (broad SMARTS) is 1. The molecular formula is C18H19ClN4O5. The van der Waals surface area contributed by atoms with Crippen LogP contribution in [0.1, 0.15) is 25.7 Å². The van der Waals surface area contributed by atoms with Crippen molar-refractivity contribution in [2.24, 2.45) is 0 Å². The van der Waals surface area contributed by atoms with Gasteiger partial charge in [-0.05, 0) is 31.9 Å². The van der Waals surface area contributed by atoms with E-state index >= 15 is 0 Å². The first-order valence-corrected chi connectivity index (χ1v) is 9.12. The van der Waals surface area contributed by atoms with E-state index in [1.165, 1.54) is 4.90 Å². The number of carbonyl (C=O) groups excluding carboxylic acids is 2. The summed E-state index contributed by atoms with van der Waals surface area (Å²) in [6, 6.07) is 6.31. The van der Waals surface area contributed by atoms with Crippen LogP contribution in [0.3, 0.4) is 0 Å². The molecule has 4 rings (SSSR count). The van der Waals surface area contributed by atoms with Crippen molar-refractivity contribution in [3.8, 4) is 11.4 Å². The van der Waals surface area contributed by atoms with E-state index in [4.69, 9.17) is 26.0 Å². The van der Waals surface area contributed by atoms with Crippen molar-refractivity contribution < 1.29 is 24.0 Å². The number of benzene rings is 1. The minimum absolute atomic E-state index is 0.0204. The van der Waals surface area contributed by atoms with Gasteiger partial charge in [-0.15, -0.1) is 0 Å². The Hall–Kier alpha value is -2.94. The van der Waals surface area contributed by atoms with Crippen LogP contribution in [0.25, 0.3) is 11.4 Å². The van der Waals surface area contributed by atoms with Gasteiger partial charge < -0.3 is 19.4 Å². The number of rotatable bonds is 3. The zero-order valence-corrected chi connectivity index (χ0v) is 15.9. The number of hydrogen-bond donors (Lipinski definition) is 1. The smallest absolute Gasteiger partial charge is 0.290 e. The quantitative estimate of drug-likeness (QED) is 0.772. The first kappa shape index (κ1) is 19.8. The summed E-state index contributed by atoms with van der Waals surface area (Å²) < 4.78 is 5.28. The van der Waals surface area contributed by atoms with Crippen molar-refractivity contribution in [3.05, 3.63) is 35.2 Å². The molecule has 2 saturated heterocycles. The molecular weight excluding hydrogens is 388 g/mol. The molecule has 0 bridgehead atoms. The van der Waals surface area contributed by atoms with Crippen LogP contribution in [0, 0.1) is 0 Å². The first-order chi connectivity index (χ1) is 13.5. The minimum atomic E-state index is -0.530. The molecule has 1 aromatic carbocycles. The van der Waals surface area contributed by atoms with Gasteiger partial charge in [0, 0.05) is 12.1 Å². The van der Waals surface area contributed by atoms with Crippen molar-refractivity contribution in [2.45, 2.75) is 38.4 Å². The molecule has 0 spiro atoms. The Labute approximate surface area is 165 Å². The lowest BCUT2D eigenvalue weighted by Gasteiger charge is -2.40. The molecule has 2 fully saturated rings. The maximum Gasteiger partial charge on any atom is 0.290 e. The van der Waals surface area contributed by atoms with E-state index in [9.17, 15) is 9.59 Å². The average molecular weight is 407 g/mol. The van der Waals surface area contributed by atoms with Gasteiger partial charge >= 0.3 is 0 Å². The van der Waals surface area contributed by atoms with Crippen LogP contribution in [0.2, 0.25) is 5.02 Å². The minimum Gasteiger partial charge on any atom is -0.483 e. The Kier molecular flexibility index (Phi) is 5.93. The third-order valence-electron chi connectivity index (χ3n) is 4.82.